The third kappa shape index (κ3) is 1.54. The number of aromatic nitrogens is 3. The number of hydrogen-bond acceptors (Lipinski definition) is 3. The Balaban J connectivity index is 2.23. The third-order valence-corrected chi connectivity index (χ3v) is 2.87. The van der Waals surface area contributed by atoms with Gasteiger partial charge in [0.15, 0.2) is 0 Å². The van der Waals surface area contributed by atoms with E-state index in [4.69, 9.17) is 5.73 Å². The van der Waals surface area contributed by atoms with Crippen molar-refractivity contribution in [2.24, 2.45) is 7.05 Å². The first-order valence-corrected chi connectivity index (χ1v) is 5.39. The Labute approximate surface area is 98.7 Å². The van der Waals surface area contributed by atoms with Crippen molar-refractivity contribution in [1.29, 1.82) is 0 Å². The van der Waals surface area contributed by atoms with Gasteiger partial charge < -0.3 is 10.3 Å². The van der Waals surface area contributed by atoms with Crippen LogP contribution in [0.25, 0.3) is 22.3 Å². The zero-order valence-corrected chi connectivity index (χ0v) is 9.46. The molecule has 0 spiro atoms. The van der Waals surface area contributed by atoms with Gasteiger partial charge in [-0.2, -0.15) is 0 Å². The van der Waals surface area contributed by atoms with Crippen molar-refractivity contribution >= 4 is 17.0 Å². The van der Waals surface area contributed by atoms with Crippen molar-refractivity contribution in [1.82, 2.24) is 14.5 Å². The quantitative estimate of drug-likeness (QED) is 0.689. The van der Waals surface area contributed by atoms with E-state index in [1.807, 2.05) is 48.0 Å². The highest BCUT2D eigenvalue weighted by atomic mass is 15.1. The van der Waals surface area contributed by atoms with Gasteiger partial charge in [0.05, 0.1) is 17.4 Å². The van der Waals surface area contributed by atoms with E-state index in [0.717, 1.165) is 22.3 Å². The molecule has 2 heterocycles. The second-order valence-corrected chi connectivity index (χ2v) is 3.95. The highest BCUT2D eigenvalue weighted by molar-refractivity contribution is 5.81. The molecule has 2 N–H and O–H groups in total. The summed E-state index contributed by atoms with van der Waals surface area (Å²) in [6, 6.07) is 12.1. The summed E-state index contributed by atoms with van der Waals surface area (Å²) in [5, 5.41) is 0. The summed E-state index contributed by atoms with van der Waals surface area (Å²) in [7, 11) is 1.90. The number of nitrogens with two attached hydrogens (primary N) is 1. The lowest BCUT2D eigenvalue weighted by Crippen LogP contribution is -1.96. The maximum absolute atomic E-state index is 5.77. The van der Waals surface area contributed by atoms with Gasteiger partial charge in [-0.25, -0.2) is 4.98 Å². The van der Waals surface area contributed by atoms with Gasteiger partial charge in [-0.05, 0) is 6.07 Å². The Morgan fingerprint density at radius 3 is 2.71 bits per heavy atom. The molecule has 0 bridgehead atoms. The molecule has 0 aliphatic rings. The number of hydrogen-bond donors (Lipinski definition) is 1. The molecule has 4 nitrogen and oxygen atoms in total. The van der Waals surface area contributed by atoms with Crippen molar-refractivity contribution in [3.63, 3.8) is 0 Å². The largest absolute Gasteiger partial charge is 0.369 e. The summed E-state index contributed by atoms with van der Waals surface area (Å²) in [4.78, 5) is 8.63. The molecule has 0 saturated carbocycles. The summed E-state index contributed by atoms with van der Waals surface area (Å²) >= 11 is 0. The molecule has 0 atom stereocenters. The minimum absolute atomic E-state index is 0.506. The predicted molar refractivity (Wildman–Crippen MR) is 68.4 cm³/mol. The Bertz CT molecular complexity index is 670. The first-order chi connectivity index (χ1) is 8.25. The minimum atomic E-state index is 0.506. The zero-order chi connectivity index (χ0) is 11.8. The summed E-state index contributed by atoms with van der Waals surface area (Å²) in [6.07, 6.45) is 1.76. The second-order valence-electron chi connectivity index (χ2n) is 3.95. The number of aryl methyl sites for hydroxylation is 1. The first-order valence-electron chi connectivity index (χ1n) is 5.39. The van der Waals surface area contributed by atoms with Crippen LogP contribution in [0.15, 0.2) is 42.6 Å². The molecule has 84 valence electrons. The first kappa shape index (κ1) is 9.84. The second kappa shape index (κ2) is 3.59. The molecule has 3 aromatic rings. The topological polar surface area (TPSA) is 56.7 Å². The van der Waals surface area contributed by atoms with Gasteiger partial charge in [-0.1, -0.05) is 30.3 Å². The lowest BCUT2D eigenvalue weighted by Gasteiger charge is -2.01. The van der Waals surface area contributed by atoms with Crippen molar-refractivity contribution in [2.75, 3.05) is 5.73 Å². The van der Waals surface area contributed by atoms with Crippen molar-refractivity contribution in [3.8, 4) is 11.3 Å². The number of fused-ring (bicyclic) bond motifs is 1. The van der Waals surface area contributed by atoms with Crippen LogP contribution >= 0.6 is 0 Å². The van der Waals surface area contributed by atoms with Crippen LogP contribution in [0.4, 0.5) is 5.95 Å². The van der Waals surface area contributed by atoms with E-state index in [9.17, 15) is 0 Å². The Morgan fingerprint density at radius 1 is 1.18 bits per heavy atom. The fourth-order valence-corrected chi connectivity index (χ4v) is 1.88. The maximum Gasteiger partial charge on any atom is 0.200 e. The number of benzene rings is 1. The summed E-state index contributed by atoms with van der Waals surface area (Å²) in [5.74, 6) is 0.506. The molecule has 0 saturated heterocycles. The molecule has 0 fully saturated rings. The smallest absolute Gasteiger partial charge is 0.200 e. The van der Waals surface area contributed by atoms with Crippen LogP contribution in [0, 0.1) is 0 Å². The van der Waals surface area contributed by atoms with Crippen LogP contribution in [0.2, 0.25) is 0 Å². The maximum atomic E-state index is 5.77. The number of anilines is 1. The van der Waals surface area contributed by atoms with Crippen LogP contribution in [-0.4, -0.2) is 14.5 Å². The van der Waals surface area contributed by atoms with Crippen LogP contribution in [0.5, 0.6) is 0 Å². The molecule has 3 rings (SSSR count). The monoisotopic (exact) mass is 224 g/mol. The minimum Gasteiger partial charge on any atom is -0.369 e. The van der Waals surface area contributed by atoms with Gasteiger partial charge in [-0.15, -0.1) is 0 Å². The fourth-order valence-electron chi connectivity index (χ4n) is 1.88. The van der Waals surface area contributed by atoms with E-state index in [0.29, 0.717) is 5.95 Å². The van der Waals surface area contributed by atoms with Crippen molar-refractivity contribution in [3.05, 3.63) is 42.6 Å². The third-order valence-electron chi connectivity index (χ3n) is 2.87. The Kier molecular flexibility index (Phi) is 2.08. The Morgan fingerprint density at radius 2 is 1.94 bits per heavy atom. The van der Waals surface area contributed by atoms with Gasteiger partial charge in [0.25, 0.3) is 0 Å². The van der Waals surface area contributed by atoms with Gasteiger partial charge in [0.2, 0.25) is 5.95 Å². The number of imidazole rings is 1. The van der Waals surface area contributed by atoms with Crippen LogP contribution in [0.1, 0.15) is 0 Å². The van der Waals surface area contributed by atoms with Crippen molar-refractivity contribution < 1.29 is 0 Å². The number of nitrogens with zero attached hydrogens (tertiary/aromatic N) is 3. The molecule has 0 aliphatic carbocycles. The predicted octanol–water partition coefficient (Wildman–Crippen LogP) is 2.22. The van der Waals surface area contributed by atoms with E-state index in [1.165, 1.54) is 0 Å². The average Bonchev–Trinajstić information content (AvgIpc) is 2.66. The number of nitrogen functional groups attached to an aromatic ring is 1. The zero-order valence-electron chi connectivity index (χ0n) is 9.46. The molecule has 4 heteroatoms. The highest BCUT2D eigenvalue weighted by Gasteiger charge is 2.07. The number of rotatable bonds is 1. The van der Waals surface area contributed by atoms with E-state index in [2.05, 4.69) is 9.97 Å². The summed E-state index contributed by atoms with van der Waals surface area (Å²) < 4.78 is 1.86. The SMILES string of the molecule is Cn1c(N)nc2cnc(-c3ccccc3)cc21. The lowest BCUT2D eigenvalue weighted by molar-refractivity contribution is 0.965. The molecule has 0 radical (unpaired) electrons. The van der Waals surface area contributed by atoms with E-state index < -0.39 is 0 Å². The van der Waals surface area contributed by atoms with Crippen LogP contribution in [0.3, 0.4) is 0 Å². The van der Waals surface area contributed by atoms with Crippen LogP contribution in [-0.2, 0) is 7.05 Å². The molecule has 17 heavy (non-hydrogen) atoms. The van der Waals surface area contributed by atoms with Gasteiger partial charge in [0, 0.05) is 12.6 Å². The normalized spacial score (nSPS) is 10.9. The average molecular weight is 224 g/mol. The molecule has 0 aliphatic heterocycles. The van der Waals surface area contributed by atoms with Crippen molar-refractivity contribution in [2.45, 2.75) is 0 Å². The fraction of sp³-hybridized carbons (Fsp3) is 0.0769. The van der Waals surface area contributed by atoms with E-state index >= 15 is 0 Å². The summed E-state index contributed by atoms with van der Waals surface area (Å²) in [6.45, 7) is 0. The standard InChI is InChI=1S/C13H12N4/c1-17-12-7-10(9-5-3-2-4-6-9)15-8-11(12)16-13(17)14/h2-8H,1H3,(H2,14,16). The summed E-state index contributed by atoms with van der Waals surface area (Å²) in [5.41, 5.74) is 9.61. The molecule has 1 aromatic carbocycles. The van der Waals surface area contributed by atoms with Gasteiger partial charge in [0.1, 0.15) is 5.52 Å². The molecule has 0 amide bonds. The Hall–Kier alpha value is -2.36. The van der Waals surface area contributed by atoms with Gasteiger partial charge in [-0.3, -0.25) is 4.98 Å². The van der Waals surface area contributed by atoms with Crippen LogP contribution < -0.4 is 5.73 Å². The van der Waals surface area contributed by atoms with Gasteiger partial charge >= 0.3 is 0 Å². The number of pyridine rings is 1. The van der Waals surface area contributed by atoms with E-state index in [1.54, 1.807) is 6.20 Å². The highest BCUT2D eigenvalue weighted by Crippen LogP contribution is 2.22. The molecular weight excluding hydrogens is 212 g/mol. The lowest BCUT2D eigenvalue weighted by atomic mass is 10.1. The molecule has 0 unspecified atom stereocenters. The molecule has 2 aromatic heterocycles. The molecular formula is C13H12N4. The van der Waals surface area contributed by atoms with E-state index in [-0.39, 0.29) is 0 Å².